The van der Waals surface area contributed by atoms with E-state index in [1.54, 1.807) is 0 Å². The lowest BCUT2D eigenvalue weighted by Gasteiger charge is -1.86. The van der Waals surface area contributed by atoms with Crippen LogP contribution in [0.4, 0.5) is 4.79 Å². The Bertz CT molecular complexity index is 179. The van der Waals surface area contributed by atoms with E-state index in [1.807, 2.05) is 0 Å². The Morgan fingerprint density at radius 2 is 2.62 bits per heavy atom. The molecule has 0 unspecified atom stereocenters. The molecule has 0 saturated carbocycles. The van der Waals surface area contributed by atoms with Crippen molar-refractivity contribution in [3.05, 3.63) is 18.5 Å². The monoisotopic (exact) mass is 110 g/mol. The zero-order chi connectivity index (χ0) is 5.98. The quantitative estimate of drug-likeness (QED) is 0.494. The zero-order valence-electron chi connectivity index (χ0n) is 4.03. The molecule has 0 atom stereocenters. The van der Waals surface area contributed by atoms with Crippen LogP contribution >= 0.6 is 0 Å². The van der Waals surface area contributed by atoms with Gasteiger partial charge in [-0.05, 0) is 0 Å². The number of rotatable bonds is 0. The largest absolute Gasteiger partial charge is 0.350 e. The summed E-state index contributed by atoms with van der Waals surface area (Å²) in [5, 5.41) is 3.50. The van der Waals surface area contributed by atoms with Gasteiger partial charge < -0.3 is 5.73 Å². The molecule has 0 aliphatic heterocycles. The molecule has 0 spiro atoms. The van der Waals surface area contributed by atoms with Crippen LogP contribution in [0.15, 0.2) is 12.4 Å². The van der Waals surface area contributed by atoms with Crippen LogP contribution in [0.3, 0.4) is 0 Å². The Morgan fingerprint density at radius 1 is 1.88 bits per heavy atom. The van der Waals surface area contributed by atoms with Crippen molar-refractivity contribution in [1.82, 2.24) is 9.78 Å². The van der Waals surface area contributed by atoms with Crippen LogP contribution in [-0.4, -0.2) is 15.8 Å². The van der Waals surface area contributed by atoms with Crippen molar-refractivity contribution < 1.29 is 4.79 Å². The number of amides is 1. The van der Waals surface area contributed by atoms with Crippen LogP contribution in [0.2, 0.25) is 0 Å². The van der Waals surface area contributed by atoms with Crippen LogP contribution in [0.25, 0.3) is 0 Å². The lowest BCUT2D eigenvalue weighted by Crippen LogP contribution is -2.19. The molecule has 1 radical (unpaired) electrons. The second kappa shape index (κ2) is 1.65. The Balaban J connectivity index is 2.93. The molecule has 4 nitrogen and oxygen atoms in total. The number of aromatic nitrogens is 2. The first-order valence-electron chi connectivity index (χ1n) is 2.01. The van der Waals surface area contributed by atoms with E-state index in [2.05, 4.69) is 11.2 Å². The van der Waals surface area contributed by atoms with E-state index >= 15 is 0 Å². The molecule has 1 aromatic rings. The van der Waals surface area contributed by atoms with Gasteiger partial charge in [0.2, 0.25) is 0 Å². The van der Waals surface area contributed by atoms with Gasteiger partial charge in [0, 0.05) is 12.3 Å². The molecule has 0 aromatic carbocycles. The van der Waals surface area contributed by atoms with Crippen LogP contribution < -0.4 is 5.73 Å². The van der Waals surface area contributed by atoms with Crippen molar-refractivity contribution in [3.8, 4) is 0 Å². The first kappa shape index (κ1) is 4.83. The second-order valence-corrected chi connectivity index (χ2v) is 1.22. The van der Waals surface area contributed by atoms with Gasteiger partial charge in [-0.15, -0.1) is 0 Å². The van der Waals surface area contributed by atoms with Crippen molar-refractivity contribution in [3.63, 3.8) is 0 Å². The minimum atomic E-state index is -0.591. The molecule has 0 bridgehead atoms. The van der Waals surface area contributed by atoms with Crippen molar-refractivity contribution in [2.45, 2.75) is 0 Å². The van der Waals surface area contributed by atoms with E-state index < -0.39 is 6.03 Å². The van der Waals surface area contributed by atoms with Crippen molar-refractivity contribution >= 4 is 6.03 Å². The maximum atomic E-state index is 10.2. The number of carbonyl (C=O) groups excluding carboxylic acids is 1. The molecule has 2 N–H and O–H groups in total. The SMILES string of the molecule is NC(=O)n1c[c]cn1. The summed E-state index contributed by atoms with van der Waals surface area (Å²) in [7, 11) is 0. The van der Waals surface area contributed by atoms with E-state index in [-0.39, 0.29) is 0 Å². The molecule has 41 valence electrons. The molecule has 0 saturated heterocycles. The minimum Gasteiger partial charge on any atom is -0.350 e. The highest BCUT2D eigenvalue weighted by Gasteiger charge is 1.92. The highest BCUT2D eigenvalue weighted by Crippen LogP contribution is 1.77. The third-order valence-corrected chi connectivity index (χ3v) is 0.679. The van der Waals surface area contributed by atoms with Gasteiger partial charge in [0.05, 0.1) is 6.20 Å². The summed E-state index contributed by atoms with van der Waals surface area (Å²) in [5.41, 5.74) is 4.80. The van der Waals surface area contributed by atoms with Gasteiger partial charge in [-0.1, -0.05) is 0 Å². The Morgan fingerprint density at radius 3 is 2.88 bits per heavy atom. The lowest BCUT2D eigenvalue weighted by molar-refractivity contribution is 0.247. The molecule has 1 amide bonds. The van der Waals surface area contributed by atoms with Gasteiger partial charge in [0.15, 0.2) is 0 Å². The fourth-order valence-corrected chi connectivity index (χ4v) is 0.353. The summed E-state index contributed by atoms with van der Waals surface area (Å²) in [5.74, 6) is 0. The Labute approximate surface area is 45.9 Å². The summed E-state index contributed by atoms with van der Waals surface area (Å²) in [4.78, 5) is 10.2. The highest BCUT2D eigenvalue weighted by molar-refractivity contribution is 5.73. The molecule has 8 heavy (non-hydrogen) atoms. The topological polar surface area (TPSA) is 60.9 Å². The van der Waals surface area contributed by atoms with Gasteiger partial charge in [0.1, 0.15) is 0 Å². The van der Waals surface area contributed by atoms with E-state index in [0.29, 0.717) is 0 Å². The highest BCUT2D eigenvalue weighted by atomic mass is 16.2. The normalized spacial score (nSPS) is 9.00. The third kappa shape index (κ3) is 0.676. The standard InChI is InChI=1S/C4H4N3O/c5-4(8)7-3-1-2-6-7/h2-3H,(H2,5,8). The van der Waals surface area contributed by atoms with Crippen LogP contribution in [0.5, 0.6) is 0 Å². The number of nitrogens with two attached hydrogens (primary N) is 1. The molecular formula is C4H4N3O. The zero-order valence-corrected chi connectivity index (χ0v) is 4.03. The number of hydrogen-bond acceptors (Lipinski definition) is 2. The van der Waals surface area contributed by atoms with Gasteiger partial charge >= 0.3 is 6.03 Å². The van der Waals surface area contributed by atoms with Crippen molar-refractivity contribution in [2.24, 2.45) is 5.73 Å². The van der Waals surface area contributed by atoms with Crippen molar-refractivity contribution in [2.75, 3.05) is 0 Å². The van der Waals surface area contributed by atoms with E-state index in [4.69, 9.17) is 5.73 Å². The number of carbonyl (C=O) groups is 1. The minimum absolute atomic E-state index is 0.591. The maximum Gasteiger partial charge on any atom is 0.339 e. The van der Waals surface area contributed by atoms with Gasteiger partial charge in [-0.3, -0.25) is 0 Å². The van der Waals surface area contributed by atoms with E-state index in [9.17, 15) is 4.79 Å². The summed E-state index contributed by atoms with van der Waals surface area (Å²) in [6.45, 7) is 0. The van der Waals surface area contributed by atoms with Crippen LogP contribution in [0, 0.1) is 6.07 Å². The Kier molecular flexibility index (Phi) is 0.997. The number of nitrogens with zero attached hydrogens (tertiary/aromatic N) is 2. The Hall–Kier alpha value is -1.32. The van der Waals surface area contributed by atoms with Crippen LogP contribution in [-0.2, 0) is 0 Å². The predicted molar refractivity (Wildman–Crippen MR) is 26.0 cm³/mol. The first-order chi connectivity index (χ1) is 3.80. The van der Waals surface area contributed by atoms with E-state index in [1.165, 1.54) is 12.4 Å². The number of hydrogen-bond donors (Lipinski definition) is 1. The summed E-state index contributed by atoms with van der Waals surface area (Å²) in [6, 6.07) is 1.97. The fourth-order valence-electron chi connectivity index (χ4n) is 0.353. The molecule has 0 aliphatic rings. The predicted octanol–water partition coefficient (Wildman–Crippen LogP) is -0.390. The average molecular weight is 110 g/mol. The summed E-state index contributed by atoms with van der Waals surface area (Å²) in [6.07, 6.45) is 2.73. The molecule has 1 rings (SSSR count). The second-order valence-electron chi connectivity index (χ2n) is 1.22. The van der Waals surface area contributed by atoms with Gasteiger partial charge in [-0.25, -0.2) is 4.79 Å². The fraction of sp³-hybridized carbons (Fsp3) is 0. The van der Waals surface area contributed by atoms with Gasteiger partial charge in [0.25, 0.3) is 0 Å². The summed E-state index contributed by atoms with van der Waals surface area (Å²) >= 11 is 0. The van der Waals surface area contributed by atoms with Crippen molar-refractivity contribution in [1.29, 1.82) is 0 Å². The molecule has 0 aliphatic carbocycles. The summed E-state index contributed by atoms with van der Waals surface area (Å²) < 4.78 is 1.00. The first-order valence-corrected chi connectivity index (χ1v) is 2.01. The van der Waals surface area contributed by atoms with Gasteiger partial charge in [-0.2, -0.15) is 9.78 Å². The molecule has 4 heteroatoms. The third-order valence-electron chi connectivity index (χ3n) is 0.679. The molecule has 1 heterocycles. The van der Waals surface area contributed by atoms with E-state index in [0.717, 1.165) is 4.68 Å². The molecule has 0 fully saturated rings. The molecule has 1 aromatic heterocycles. The lowest BCUT2D eigenvalue weighted by atomic mass is 10.7. The maximum absolute atomic E-state index is 10.2. The number of primary amides is 1. The average Bonchev–Trinajstić information content (AvgIpc) is 2.12. The smallest absolute Gasteiger partial charge is 0.339 e. The molecular weight excluding hydrogens is 106 g/mol. The van der Waals surface area contributed by atoms with Crippen LogP contribution in [0.1, 0.15) is 0 Å².